The molecule has 0 bridgehead atoms. The molecule has 1 aromatic rings. The first-order valence-electron chi connectivity index (χ1n) is 6.95. The Morgan fingerprint density at radius 3 is 2.26 bits per heavy atom. The fourth-order valence-electron chi connectivity index (χ4n) is 1.61. The van der Waals surface area contributed by atoms with Crippen molar-refractivity contribution in [2.45, 2.75) is 30.7 Å². The summed E-state index contributed by atoms with van der Waals surface area (Å²) in [5, 5.41) is 2.06. The maximum absolute atomic E-state index is 13.0. The summed E-state index contributed by atoms with van der Waals surface area (Å²) in [5.74, 6) is -3.90. The van der Waals surface area contributed by atoms with Gasteiger partial charge < -0.3 is 11.1 Å². The van der Waals surface area contributed by atoms with E-state index in [2.05, 4.69) is 5.32 Å². The Kier molecular flexibility index (Phi) is 6.20. The summed E-state index contributed by atoms with van der Waals surface area (Å²) in [6.45, 7) is 1.72. The third-order valence-electron chi connectivity index (χ3n) is 3.33. The number of carbonyl (C=O) groups excluding carboxylic acids is 1. The molecule has 9 heteroatoms. The van der Waals surface area contributed by atoms with Crippen LogP contribution in [0.1, 0.15) is 24.2 Å². The van der Waals surface area contributed by atoms with Crippen LogP contribution in [0.5, 0.6) is 0 Å². The second-order valence-electron chi connectivity index (χ2n) is 5.38. The number of halogens is 2. The van der Waals surface area contributed by atoms with Crippen LogP contribution >= 0.6 is 0 Å². The molecule has 0 aromatic heterocycles. The number of carbonyl (C=O) groups is 1. The van der Waals surface area contributed by atoms with Crippen LogP contribution in [0, 0.1) is 0 Å². The summed E-state index contributed by atoms with van der Waals surface area (Å²) in [5.41, 5.74) is 4.97. The first-order chi connectivity index (χ1) is 10.5. The molecule has 0 heterocycles. The Morgan fingerprint density at radius 2 is 1.83 bits per heavy atom. The van der Waals surface area contributed by atoms with Crippen molar-refractivity contribution in [3.8, 4) is 0 Å². The average molecular weight is 349 g/mol. The molecule has 0 fully saturated rings. The number of nitrogens with one attached hydrogen (secondary N) is 1. The van der Waals surface area contributed by atoms with Gasteiger partial charge in [0.2, 0.25) is 10.0 Å². The number of nitrogens with two attached hydrogens (primary N) is 1. The van der Waals surface area contributed by atoms with Gasteiger partial charge >= 0.3 is 0 Å². The van der Waals surface area contributed by atoms with Crippen LogP contribution in [-0.4, -0.2) is 50.7 Å². The number of alkyl halides is 2. The SMILES string of the molecule is CC(C)N(C)S(=O)(=O)c1ccc(C(=O)NCC(F)(F)CN)cc1. The van der Waals surface area contributed by atoms with E-state index in [1.54, 1.807) is 13.8 Å². The van der Waals surface area contributed by atoms with Crippen LogP contribution in [0.3, 0.4) is 0 Å². The molecule has 0 aliphatic carbocycles. The van der Waals surface area contributed by atoms with E-state index in [1.807, 2.05) is 0 Å². The van der Waals surface area contributed by atoms with Gasteiger partial charge in [-0.05, 0) is 38.1 Å². The smallest absolute Gasteiger partial charge is 0.277 e. The van der Waals surface area contributed by atoms with Crippen molar-refractivity contribution in [2.24, 2.45) is 5.73 Å². The Morgan fingerprint density at radius 1 is 1.30 bits per heavy atom. The zero-order valence-electron chi connectivity index (χ0n) is 13.2. The van der Waals surface area contributed by atoms with E-state index in [-0.39, 0.29) is 16.5 Å². The van der Waals surface area contributed by atoms with Crippen molar-refractivity contribution >= 4 is 15.9 Å². The van der Waals surface area contributed by atoms with Gasteiger partial charge in [0.05, 0.1) is 18.0 Å². The van der Waals surface area contributed by atoms with Crippen LogP contribution in [-0.2, 0) is 10.0 Å². The van der Waals surface area contributed by atoms with Crippen molar-refractivity contribution in [2.75, 3.05) is 20.1 Å². The Hall–Kier alpha value is -1.58. The van der Waals surface area contributed by atoms with Gasteiger partial charge in [0.1, 0.15) is 0 Å². The number of rotatable bonds is 7. The minimum atomic E-state index is -3.66. The normalized spacial score (nSPS) is 12.7. The van der Waals surface area contributed by atoms with E-state index in [4.69, 9.17) is 5.73 Å². The maximum atomic E-state index is 13.0. The summed E-state index contributed by atoms with van der Waals surface area (Å²) in [6, 6.07) is 4.86. The van der Waals surface area contributed by atoms with Crippen molar-refractivity contribution in [1.82, 2.24) is 9.62 Å². The van der Waals surface area contributed by atoms with Crippen LogP contribution in [0.15, 0.2) is 29.2 Å². The lowest BCUT2D eigenvalue weighted by molar-refractivity contribution is 0.0118. The summed E-state index contributed by atoms with van der Waals surface area (Å²) in [4.78, 5) is 11.8. The fourth-order valence-corrected chi connectivity index (χ4v) is 2.97. The molecular formula is C14H21F2N3O3S. The quantitative estimate of drug-likeness (QED) is 0.769. The lowest BCUT2D eigenvalue weighted by Crippen LogP contribution is -2.41. The number of hydrogen-bond acceptors (Lipinski definition) is 4. The molecule has 0 unspecified atom stereocenters. The number of hydrogen-bond donors (Lipinski definition) is 2. The van der Waals surface area contributed by atoms with E-state index in [0.29, 0.717) is 0 Å². The van der Waals surface area contributed by atoms with E-state index < -0.39 is 34.9 Å². The van der Waals surface area contributed by atoms with Crippen molar-refractivity contribution in [1.29, 1.82) is 0 Å². The highest BCUT2D eigenvalue weighted by Gasteiger charge is 2.27. The van der Waals surface area contributed by atoms with E-state index in [9.17, 15) is 22.0 Å². The summed E-state index contributed by atoms with van der Waals surface area (Å²) in [7, 11) is -2.20. The van der Waals surface area contributed by atoms with Gasteiger partial charge in [-0.2, -0.15) is 4.31 Å². The summed E-state index contributed by atoms with van der Waals surface area (Å²) >= 11 is 0. The Labute approximate surface area is 134 Å². The fraction of sp³-hybridized carbons (Fsp3) is 0.500. The van der Waals surface area contributed by atoms with E-state index in [1.165, 1.54) is 35.6 Å². The second kappa shape index (κ2) is 7.33. The third kappa shape index (κ3) is 4.95. The number of amides is 1. The lowest BCUT2D eigenvalue weighted by atomic mass is 10.2. The molecule has 1 amide bonds. The van der Waals surface area contributed by atoms with E-state index in [0.717, 1.165) is 0 Å². The van der Waals surface area contributed by atoms with Gasteiger partial charge in [0.15, 0.2) is 0 Å². The van der Waals surface area contributed by atoms with Crippen LogP contribution in [0.4, 0.5) is 8.78 Å². The van der Waals surface area contributed by atoms with Gasteiger partial charge in [-0.1, -0.05) is 0 Å². The monoisotopic (exact) mass is 349 g/mol. The number of benzene rings is 1. The molecule has 1 aromatic carbocycles. The summed E-state index contributed by atoms with van der Waals surface area (Å²) < 4.78 is 51.7. The molecule has 3 N–H and O–H groups in total. The van der Waals surface area contributed by atoms with Crippen molar-refractivity contribution < 1.29 is 22.0 Å². The average Bonchev–Trinajstić information content (AvgIpc) is 2.51. The van der Waals surface area contributed by atoms with Crippen LogP contribution in [0.2, 0.25) is 0 Å². The minimum absolute atomic E-state index is 0.0255. The first kappa shape index (κ1) is 19.5. The van der Waals surface area contributed by atoms with Gasteiger partial charge in [0.25, 0.3) is 11.8 Å². The molecule has 0 saturated heterocycles. The predicted molar refractivity (Wildman–Crippen MR) is 82.9 cm³/mol. The second-order valence-corrected chi connectivity index (χ2v) is 7.38. The number of sulfonamides is 1. The molecule has 23 heavy (non-hydrogen) atoms. The molecule has 0 radical (unpaired) electrons. The highest BCUT2D eigenvalue weighted by Crippen LogP contribution is 2.17. The van der Waals surface area contributed by atoms with Crippen LogP contribution < -0.4 is 11.1 Å². The highest BCUT2D eigenvalue weighted by atomic mass is 32.2. The van der Waals surface area contributed by atoms with Gasteiger partial charge in [-0.15, -0.1) is 0 Å². The topological polar surface area (TPSA) is 92.5 Å². The number of nitrogens with zero attached hydrogens (tertiary/aromatic N) is 1. The largest absolute Gasteiger partial charge is 0.346 e. The van der Waals surface area contributed by atoms with Crippen molar-refractivity contribution in [3.63, 3.8) is 0 Å². The Balaban J connectivity index is 2.87. The maximum Gasteiger partial charge on any atom is 0.277 e. The molecule has 6 nitrogen and oxygen atoms in total. The lowest BCUT2D eigenvalue weighted by Gasteiger charge is -2.21. The zero-order valence-corrected chi connectivity index (χ0v) is 14.0. The molecule has 0 saturated carbocycles. The molecule has 0 aliphatic rings. The summed E-state index contributed by atoms with van der Waals surface area (Å²) in [6.07, 6.45) is 0. The highest BCUT2D eigenvalue weighted by molar-refractivity contribution is 7.89. The van der Waals surface area contributed by atoms with Crippen LogP contribution in [0.25, 0.3) is 0 Å². The first-order valence-corrected chi connectivity index (χ1v) is 8.39. The third-order valence-corrected chi connectivity index (χ3v) is 5.37. The van der Waals surface area contributed by atoms with Gasteiger partial charge in [-0.3, -0.25) is 4.79 Å². The molecule has 0 aliphatic heterocycles. The molecule has 1 rings (SSSR count). The molecular weight excluding hydrogens is 328 g/mol. The van der Waals surface area contributed by atoms with Crippen molar-refractivity contribution in [3.05, 3.63) is 29.8 Å². The molecule has 130 valence electrons. The standard InChI is InChI=1S/C14H21F2N3O3S/c1-10(2)19(3)23(21,22)12-6-4-11(5-7-12)13(20)18-9-14(15,16)8-17/h4-7,10H,8-9,17H2,1-3H3,(H,18,20). The Bertz CT molecular complexity index is 646. The molecule has 0 spiro atoms. The minimum Gasteiger partial charge on any atom is -0.346 e. The predicted octanol–water partition coefficient (Wildman–Crippen LogP) is 1.04. The van der Waals surface area contributed by atoms with E-state index >= 15 is 0 Å². The van der Waals surface area contributed by atoms with Gasteiger partial charge in [-0.25, -0.2) is 17.2 Å². The zero-order chi connectivity index (χ0) is 17.8. The van der Waals surface area contributed by atoms with Gasteiger partial charge in [0, 0.05) is 18.7 Å². The molecule has 0 atom stereocenters.